The average Bonchev–Trinajstić information content (AvgIpc) is 2.61. The fourth-order valence-corrected chi connectivity index (χ4v) is 3.12. The summed E-state index contributed by atoms with van der Waals surface area (Å²) in [6, 6.07) is 1.82. The molecular formula is C16H25N5O2. The van der Waals surface area contributed by atoms with Crippen LogP contribution in [-0.4, -0.2) is 84.2 Å². The Hall–Kier alpha value is -1.73. The predicted molar refractivity (Wildman–Crippen MR) is 87.3 cm³/mol. The Morgan fingerprint density at radius 1 is 1.22 bits per heavy atom. The summed E-state index contributed by atoms with van der Waals surface area (Å²) in [6.45, 7) is 8.61. The van der Waals surface area contributed by atoms with Crippen LogP contribution in [0, 0.1) is 0 Å². The molecule has 1 amide bonds. The largest absolute Gasteiger partial charge is 0.376 e. The fourth-order valence-electron chi connectivity index (χ4n) is 3.12. The monoisotopic (exact) mass is 319 g/mol. The molecule has 0 spiro atoms. The second-order valence-corrected chi connectivity index (χ2v) is 6.15. The molecule has 0 aromatic carbocycles. The van der Waals surface area contributed by atoms with Gasteiger partial charge in [0.1, 0.15) is 0 Å². The normalized spacial score (nSPS) is 23.1. The lowest BCUT2D eigenvalue weighted by molar-refractivity contribution is -0.132. The molecule has 1 unspecified atom stereocenters. The number of anilines is 1. The highest BCUT2D eigenvalue weighted by atomic mass is 16.5. The first kappa shape index (κ1) is 16.1. The van der Waals surface area contributed by atoms with Crippen molar-refractivity contribution in [1.82, 2.24) is 19.8 Å². The van der Waals surface area contributed by atoms with E-state index in [4.69, 9.17) is 4.74 Å². The summed E-state index contributed by atoms with van der Waals surface area (Å²) in [5.74, 6) is 1.000. The van der Waals surface area contributed by atoms with Crippen molar-refractivity contribution in [3.63, 3.8) is 0 Å². The molecule has 2 aliphatic heterocycles. The van der Waals surface area contributed by atoms with E-state index in [1.54, 1.807) is 12.4 Å². The molecule has 7 heteroatoms. The van der Waals surface area contributed by atoms with Crippen molar-refractivity contribution in [3.05, 3.63) is 18.5 Å². The molecule has 0 saturated carbocycles. The van der Waals surface area contributed by atoms with Gasteiger partial charge in [-0.3, -0.25) is 9.69 Å². The van der Waals surface area contributed by atoms with E-state index < -0.39 is 0 Å². The van der Waals surface area contributed by atoms with Gasteiger partial charge in [0.25, 0.3) is 0 Å². The number of rotatable bonds is 4. The van der Waals surface area contributed by atoms with Gasteiger partial charge in [-0.05, 0) is 13.0 Å². The zero-order chi connectivity index (χ0) is 16.1. The fraction of sp³-hybridized carbons (Fsp3) is 0.688. The summed E-state index contributed by atoms with van der Waals surface area (Å²) in [4.78, 5) is 27.3. The number of hydrogen-bond donors (Lipinski definition) is 0. The smallest absolute Gasteiger partial charge is 0.225 e. The second kappa shape index (κ2) is 7.70. The standard InChI is InChI=1S/C16H25N5O2/c1-14-13-19(11-12-23-14)6-3-15(22)20-7-9-21(10-8-20)16-17-4-2-5-18-16/h2,4-5,14H,3,6-13H2,1H3. The van der Waals surface area contributed by atoms with E-state index in [1.807, 2.05) is 11.0 Å². The van der Waals surface area contributed by atoms with Gasteiger partial charge in [-0.15, -0.1) is 0 Å². The Morgan fingerprint density at radius 3 is 2.65 bits per heavy atom. The van der Waals surface area contributed by atoms with Gasteiger partial charge in [0.05, 0.1) is 12.7 Å². The van der Waals surface area contributed by atoms with Gasteiger partial charge in [-0.2, -0.15) is 0 Å². The van der Waals surface area contributed by atoms with Crippen LogP contribution in [-0.2, 0) is 9.53 Å². The highest BCUT2D eigenvalue weighted by molar-refractivity contribution is 5.76. The number of carbonyl (C=O) groups is 1. The van der Waals surface area contributed by atoms with Crippen LogP contribution < -0.4 is 4.90 Å². The molecule has 1 aromatic rings. The molecule has 3 rings (SSSR count). The maximum absolute atomic E-state index is 12.4. The zero-order valence-electron chi connectivity index (χ0n) is 13.7. The predicted octanol–water partition coefficient (Wildman–Crippen LogP) is 0.236. The molecule has 126 valence electrons. The van der Waals surface area contributed by atoms with Crippen molar-refractivity contribution in [2.75, 3.05) is 57.3 Å². The zero-order valence-corrected chi connectivity index (χ0v) is 13.7. The van der Waals surface area contributed by atoms with E-state index >= 15 is 0 Å². The lowest BCUT2D eigenvalue weighted by Crippen LogP contribution is -2.50. The van der Waals surface area contributed by atoms with Crippen LogP contribution in [0.15, 0.2) is 18.5 Å². The van der Waals surface area contributed by atoms with Crippen molar-refractivity contribution >= 4 is 11.9 Å². The number of hydrogen-bond acceptors (Lipinski definition) is 6. The first-order valence-corrected chi connectivity index (χ1v) is 8.36. The Kier molecular flexibility index (Phi) is 5.40. The van der Waals surface area contributed by atoms with Crippen LogP contribution >= 0.6 is 0 Å². The highest BCUT2D eigenvalue weighted by Crippen LogP contribution is 2.11. The van der Waals surface area contributed by atoms with Gasteiger partial charge in [0.2, 0.25) is 11.9 Å². The number of ether oxygens (including phenoxy) is 1. The SMILES string of the molecule is CC1CN(CCC(=O)N2CCN(c3ncccn3)CC2)CCO1. The Bertz CT molecular complexity index is 504. The average molecular weight is 319 g/mol. The lowest BCUT2D eigenvalue weighted by atomic mass is 10.2. The van der Waals surface area contributed by atoms with Crippen molar-refractivity contribution in [3.8, 4) is 0 Å². The van der Waals surface area contributed by atoms with Crippen LogP contribution in [0.25, 0.3) is 0 Å². The van der Waals surface area contributed by atoms with E-state index in [0.29, 0.717) is 6.42 Å². The van der Waals surface area contributed by atoms with Crippen LogP contribution in [0.4, 0.5) is 5.95 Å². The molecule has 2 saturated heterocycles. The number of piperazine rings is 1. The number of nitrogens with zero attached hydrogens (tertiary/aromatic N) is 5. The first-order valence-electron chi connectivity index (χ1n) is 8.36. The van der Waals surface area contributed by atoms with Crippen LogP contribution in [0.3, 0.4) is 0 Å². The van der Waals surface area contributed by atoms with Crippen molar-refractivity contribution in [2.24, 2.45) is 0 Å². The van der Waals surface area contributed by atoms with Gasteiger partial charge < -0.3 is 14.5 Å². The summed E-state index contributed by atoms with van der Waals surface area (Å²) in [7, 11) is 0. The third-order valence-corrected chi connectivity index (χ3v) is 4.43. The quantitative estimate of drug-likeness (QED) is 0.792. The number of morpholine rings is 1. The minimum Gasteiger partial charge on any atom is -0.376 e. The summed E-state index contributed by atoms with van der Waals surface area (Å²) in [6.07, 6.45) is 4.37. The van der Waals surface area contributed by atoms with Crippen molar-refractivity contribution in [1.29, 1.82) is 0 Å². The van der Waals surface area contributed by atoms with E-state index in [-0.39, 0.29) is 12.0 Å². The number of aromatic nitrogens is 2. The molecule has 1 aromatic heterocycles. The minimum atomic E-state index is 0.248. The molecular weight excluding hydrogens is 294 g/mol. The maximum atomic E-state index is 12.4. The van der Waals surface area contributed by atoms with E-state index in [1.165, 1.54) is 0 Å². The van der Waals surface area contributed by atoms with Crippen LogP contribution in [0.2, 0.25) is 0 Å². The molecule has 7 nitrogen and oxygen atoms in total. The molecule has 0 bridgehead atoms. The van der Waals surface area contributed by atoms with E-state index in [9.17, 15) is 4.79 Å². The van der Waals surface area contributed by atoms with E-state index in [0.717, 1.165) is 58.4 Å². The summed E-state index contributed by atoms with van der Waals surface area (Å²) in [5.41, 5.74) is 0. The minimum absolute atomic E-state index is 0.248. The van der Waals surface area contributed by atoms with Gasteiger partial charge in [-0.25, -0.2) is 9.97 Å². The molecule has 1 atom stereocenters. The van der Waals surface area contributed by atoms with E-state index in [2.05, 4.69) is 26.7 Å². The molecule has 0 radical (unpaired) electrons. The molecule has 0 aliphatic carbocycles. The molecule has 2 aliphatic rings. The highest BCUT2D eigenvalue weighted by Gasteiger charge is 2.23. The number of carbonyl (C=O) groups excluding carboxylic acids is 1. The van der Waals surface area contributed by atoms with Crippen LogP contribution in [0.5, 0.6) is 0 Å². The third-order valence-electron chi connectivity index (χ3n) is 4.43. The van der Waals surface area contributed by atoms with Crippen molar-refractivity contribution < 1.29 is 9.53 Å². The first-order chi connectivity index (χ1) is 11.2. The number of amides is 1. The van der Waals surface area contributed by atoms with Crippen molar-refractivity contribution in [2.45, 2.75) is 19.4 Å². The Labute approximate surface area is 137 Å². The summed E-state index contributed by atoms with van der Waals surface area (Å²) >= 11 is 0. The second-order valence-electron chi connectivity index (χ2n) is 6.15. The van der Waals surface area contributed by atoms with Gasteiger partial charge >= 0.3 is 0 Å². The summed E-state index contributed by atoms with van der Waals surface area (Å²) in [5, 5.41) is 0. The lowest BCUT2D eigenvalue weighted by Gasteiger charge is -2.35. The van der Waals surface area contributed by atoms with Crippen LogP contribution in [0.1, 0.15) is 13.3 Å². The molecule has 0 N–H and O–H groups in total. The third kappa shape index (κ3) is 4.39. The Morgan fingerprint density at radius 2 is 1.96 bits per heavy atom. The van der Waals surface area contributed by atoms with Gasteiger partial charge in [-0.1, -0.05) is 0 Å². The maximum Gasteiger partial charge on any atom is 0.225 e. The topological polar surface area (TPSA) is 61.8 Å². The molecule has 2 fully saturated rings. The molecule has 23 heavy (non-hydrogen) atoms. The van der Waals surface area contributed by atoms with Gasteiger partial charge in [0, 0.05) is 64.6 Å². The summed E-state index contributed by atoms with van der Waals surface area (Å²) < 4.78 is 5.53. The van der Waals surface area contributed by atoms with Gasteiger partial charge in [0.15, 0.2) is 0 Å². The Balaban J connectivity index is 1.41. The molecule has 3 heterocycles.